The first-order valence-corrected chi connectivity index (χ1v) is 5.86. The molecule has 2 aromatic rings. The van der Waals surface area contributed by atoms with Crippen LogP contribution < -0.4 is 5.32 Å². The van der Waals surface area contributed by atoms with Crippen LogP contribution in [0.4, 0.5) is 10.1 Å². The Balaban J connectivity index is 2.29. The van der Waals surface area contributed by atoms with Crippen molar-refractivity contribution in [2.75, 3.05) is 11.9 Å². The van der Waals surface area contributed by atoms with Crippen molar-refractivity contribution < 1.29 is 18.7 Å². The van der Waals surface area contributed by atoms with Gasteiger partial charge in [0.25, 0.3) is 5.91 Å². The van der Waals surface area contributed by atoms with E-state index in [1.54, 1.807) is 13.0 Å². The van der Waals surface area contributed by atoms with Gasteiger partial charge < -0.3 is 14.8 Å². The molecule has 1 amide bonds. The third-order valence-electron chi connectivity index (χ3n) is 2.60. The number of rotatable bonds is 2. The topological polar surface area (TPSA) is 62.5 Å². The van der Waals surface area contributed by atoms with E-state index in [4.69, 9.17) is 9.52 Å². The fraction of sp³-hybridized carbons (Fsp3) is 0.133. The van der Waals surface area contributed by atoms with Gasteiger partial charge in [0.05, 0.1) is 17.5 Å². The number of hydrogen-bond acceptors (Lipinski definition) is 3. The third kappa shape index (κ3) is 3.05. The minimum Gasteiger partial charge on any atom is -0.459 e. The van der Waals surface area contributed by atoms with Crippen LogP contribution in [0.3, 0.4) is 0 Å². The Morgan fingerprint density at radius 3 is 2.90 bits per heavy atom. The number of nitrogens with one attached hydrogen (secondary N) is 1. The maximum Gasteiger partial charge on any atom is 0.291 e. The van der Waals surface area contributed by atoms with Crippen LogP contribution in [0.5, 0.6) is 0 Å². The molecule has 4 nitrogen and oxygen atoms in total. The van der Waals surface area contributed by atoms with Crippen LogP contribution in [0.15, 0.2) is 34.9 Å². The summed E-state index contributed by atoms with van der Waals surface area (Å²) in [4.78, 5) is 12.0. The number of halogens is 1. The molecule has 20 heavy (non-hydrogen) atoms. The molecule has 0 spiro atoms. The first kappa shape index (κ1) is 13.8. The summed E-state index contributed by atoms with van der Waals surface area (Å²) in [5.41, 5.74) is 1.34. The predicted molar refractivity (Wildman–Crippen MR) is 71.8 cm³/mol. The van der Waals surface area contributed by atoms with Gasteiger partial charge in [-0.05, 0) is 31.2 Å². The van der Waals surface area contributed by atoms with E-state index in [1.807, 2.05) is 0 Å². The van der Waals surface area contributed by atoms with Crippen LogP contribution in [0, 0.1) is 24.6 Å². The SMILES string of the molecule is Cc1ccoc1C(=O)Nc1ccc(F)cc1C#CCO. The van der Waals surface area contributed by atoms with Crippen molar-refractivity contribution in [3.63, 3.8) is 0 Å². The van der Waals surface area contributed by atoms with Gasteiger partial charge in [0.15, 0.2) is 5.76 Å². The van der Waals surface area contributed by atoms with Crippen LogP contribution in [-0.2, 0) is 0 Å². The van der Waals surface area contributed by atoms with Crippen LogP contribution >= 0.6 is 0 Å². The number of benzene rings is 1. The normalized spacial score (nSPS) is 9.75. The Kier molecular flexibility index (Phi) is 4.18. The summed E-state index contributed by atoms with van der Waals surface area (Å²) < 4.78 is 18.3. The summed E-state index contributed by atoms with van der Waals surface area (Å²) in [7, 11) is 0. The first-order chi connectivity index (χ1) is 9.61. The smallest absolute Gasteiger partial charge is 0.291 e. The number of carbonyl (C=O) groups excluding carboxylic acids is 1. The summed E-state index contributed by atoms with van der Waals surface area (Å²) in [5, 5.41) is 11.3. The first-order valence-electron chi connectivity index (χ1n) is 5.86. The van der Waals surface area contributed by atoms with Crippen LogP contribution in [-0.4, -0.2) is 17.6 Å². The molecule has 1 heterocycles. The van der Waals surface area contributed by atoms with Crippen molar-refractivity contribution in [1.29, 1.82) is 0 Å². The second-order valence-corrected chi connectivity index (χ2v) is 4.04. The lowest BCUT2D eigenvalue weighted by Gasteiger charge is -2.06. The minimum absolute atomic E-state index is 0.190. The summed E-state index contributed by atoms with van der Waals surface area (Å²) in [6.45, 7) is 1.40. The van der Waals surface area contributed by atoms with E-state index in [-0.39, 0.29) is 17.9 Å². The molecule has 0 fully saturated rings. The molecule has 0 atom stereocenters. The highest BCUT2D eigenvalue weighted by molar-refractivity contribution is 6.03. The van der Waals surface area contributed by atoms with Crippen LogP contribution in [0.2, 0.25) is 0 Å². The lowest BCUT2D eigenvalue weighted by molar-refractivity contribution is 0.0996. The number of aliphatic hydroxyl groups excluding tert-OH is 1. The molecule has 0 aliphatic heterocycles. The summed E-state index contributed by atoms with van der Waals surface area (Å²) in [6.07, 6.45) is 1.42. The lowest BCUT2D eigenvalue weighted by Crippen LogP contribution is -2.13. The summed E-state index contributed by atoms with van der Waals surface area (Å²) in [6, 6.07) is 5.49. The van der Waals surface area contributed by atoms with E-state index in [0.717, 1.165) is 0 Å². The molecular formula is C15H12FNO3. The number of anilines is 1. The van der Waals surface area contributed by atoms with E-state index in [2.05, 4.69) is 17.2 Å². The average Bonchev–Trinajstić information content (AvgIpc) is 2.85. The number of aryl methyl sites for hydroxylation is 1. The Hall–Kier alpha value is -2.58. The van der Waals surface area contributed by atoms with Crippen LogP contribution in [0.1, 0.15) is 21.7 Å². The maximum absolute atomic E-state index is 13.2. The minimum atomic E-state index is -0.473. The fourth-order valence-corrected chi connectivity index (χ4v) is 1.65. The Morgan fingerprint density at radius 2 is 2.25 bits per heavy atom. The molecule has 0 aliphatic carbocycles. The van der Waals surface area contributed by atoms with Gasteiger partial charge >= 0.3 is 0 Å². The zero-order valence-electron chi connectivity index (χ0n) is 10.7. The predicted octanol–water partition coefficient (Wildman–Crippen LogP) is 2.32. The fourth-order valence-electron chi connectivity index (χ4n) is 1.65. The molecule has 0 unspecified atom stereocenters. The van der Waals surface area contributed by atoms with Gasteiger partial charge in [-0.15, -0.1) is 0 Å². The van der Waals surface area contributed by atoms with E-state index in [9.17, 15) is 9.18 Å². The molecular weight excluding hydrogens is 261 g/mol. The van der Waals surface area contributed by atoms with Gasteiger partial charge in [0.2, 0.25) is 0 Å². The van der Waals surface area contributed by atoms with Crippen molar-refractivity contribution in [2.24, 2.45) is 0 Å². The second-order valence-electron chi connectivity index (χ2n) is 4.04. The van der Waals surface area contributed by atoms with Crippen molar-refractivity contribution in [3.8, 4) is 11.8 Å². The maximum atomic E-state index is 13.2. The van der Waals surface area contributed by atoms with Gasteiger partial charge in [-0.2, -0.15) is 0 Å². The summed E-state index contributed by atoms with van der Waals surface area (Å²) in [5.74, 6) is 4.28. The molecule has 102 valence electrons. The van der Waals surface area contributed by atoms with Crippen molar-refractivity contribution in [1.82, 2.24) is 0 Å². The van der Waals surface area contributed by atoms with E-state index in [0.29, 0.717) is 11.3 Å². The standard InChI is InChI=1S/C15H12FNO3/c1-10-6-8-20-14(10)15(19)17-13-5-4-12(16)9-11(13)3-2-7-18/h4-6,8-9,18H,7H2,1H3,(H,17,19). The monoisotopic (exact) mass is 273 g/mol. The quantitative estimate of drug-likeness (QED) is 0.825. The number of furan rings is 1. The highest BCUT2D eigenvalue weighted by atomic mass is 19.1. The number of hydrogen-bond donors (Lipinski definition) is 2. The van der Waals surface area contributed by atoms with Crippen molar-refractivity contribution >= 4 is 11.6 Å². The van der Waals surface area contributed by atoms with Gasteiger partial charge in [-0.1, -0.05) is 11.8 Å². The van der Waals surface area contributed by atoms with Crippen molar-refractivity contribution in [3.05, 3.63) is 53.2 Å². The number of amides is 1. The van der Waals surface area contributed by atoms with E-state index < -0.39 is 11.7 Å². The largest absolute Gasteiger partial charge is 0.459 e. The van der Waals surface area contributed by atoms with Gasteiger partial charge in [-0.25, -0.2) is 4.39 Å². The summed E-state index contributed by atoms with van der Waals surface area (Å²) >= 11 is 0. The molecule has 2 rings (SSSR count). The highest BCUT2D eigenvalue weighted by Gasteiger charge is 2.14. The average molecular weight is 273 g/mol. The number of carbonyl (C=O) groups is 1. The van der Waals surface area contributed by atoms with Gasteiger partial charge in [-0.3, -0.25) is 4.79 Å². The van der Waals surface area contributed by atoms with Crippen molar-refractivity contribution in [2.45, 2.75) is 6.92 Å². The zero-order valence-corrected chi connectivity index (χ0v) is 10.7. The molecule has 1 aromatic heterocycles. The molecule has 0 saturated heterocycles. The molecule has 5 heteroatoms. The number of aliphatic hydroxyl groups is 1. The van der Waals surface area contributed by atoms with E-state index in [1.165, 1.54) is 24.5 Å². The second kappa shape index (κ2) is 6.04. The van der Waals surface area contributed by atoms with Gasteiger partial charge in [0.1, 0.15) is 12.4 Å². The Labute approximate surface area is 115 Å². The van der Waals surface area contributed by atoms with Crippen LogP contribution in [0.25, 0.3) is 0 Å². The van der Waals surface area contributed by atoms with Gasteiger partial charge in [0, 0.05) is 5.56 Å². The zero-order chi connectivity index (χ0) is 14.5. The molecule has 0 saturated carbocycles. The molecule has 0 aliphatic rings. The Bertz CT molecular complexity index is 695. The lowest BCUT2D eigenvalue weighted by atomic mass is 10.1. The molecule has 2 N–H and O–H groups in total. The molecule has 0 radical (unpaired) electrons. The molecule has 0 bridgehead atoms. The highest BCUT2D eigenvalue weighted by Crippen LogP contribution is 2.18. The Morgan fingerprint density at radius 1 is 1.45 bits per heavy atom. The molecule has 1 aromatic carbocycles. The van der Waals surface area contributed by atoms with E-state index >= 15 is 0 Å². The third-order valence-corrected chi connectivity index (χ3v) is 2.60.